The van der Waals surface area contributed by atoms with Crippen molar-refractivity contribution in [2.45, 2.75) is 17.9 Å². The number of anilines is 1. The third-order valence-corrected chi connectivity index (χ3v) is 5.94. The van der Waals surface area contributed by atoms with Crippen molar-refractivity contribution in [1.82, 2.24) is 35.7 Å². The largest absolute Gasteiger partial charge is 0.496 e. The summed E-state index contributed by atoms with van der Waals surface area (Å²) >= 11 is 1.45. The molecule has 13 nitrogen and oxygen atoms in total. The minimum absolute atomic E-state index is 0.0288. The zero-order valence-corrected chi connectivity index (χ0v) is 19.9. The van der Waals surface area contributed by atoms with Gasteiger partial charge < -0.3 is 14.9 Å². The van der Waals surface area contributed by atoms with Gasteiger partial charge in [0.05, 0.1) is 19.0 Å². The number of nitrogens with two attached hydrogens (primary N) is 1. The van der Waals surface area contributed by atoms with Crippen molar-refractivity contribution in [2.24, 2.45) is 5.10 Å². The van der Waals surface area contributed by atoms with Gasteiger partial charge in [0, 0.05) is 11.3 Å². The van der Waals surface area contributed by atoms with E-state index >= 15 is 0 Å². The van der Waals surface area contributed by atoms with Crippen LogP contribution in [-0.4, -0.2) is 49.5 Å². The number of thioether (sulfide) groups is 1. The first-order valence-corrected chi connectivity index (χ1v) is 11.5. The molecule has 3 aromatic heterocycles. The maximum Gasteiger partial charge on any atom is 0.292 e. The van der Waals surface area contributed by atoms with Crippen molar-refractivity contribution in [3.8, 4) is 11.6 Å². The molecule has 0 saturated heterocycles. The summed E-state index contributed by atoms with van der Waals surface area (Å²) in [5, 5.41) is 19.5. The van der Waals surface area contributed by atoms with Crippen LogP contribution in [0.25, 0.3) is 16.9 Å². The number of para-hydroxylation sites is 2. The Bertz CT molecular complexity index is 1540. The van der Waals surface area contributed by atoms with Crippen molar-refractivity contribution in [3.05, 3.63) is 65.0 Å². The predicted molar refractivity (Wildman–Crippen MR) is 130 cm³/mol. The molecule has 0 saturated carbocycles. The molecule has 0 aliphatic carbocycles. The maximum absolute atomic E-state index is 12.8. The minimum Gasteiger partial charge on any atom is -0.496 e. The summed E-state index contributed by atoms with van der Waals surface area (Å²) in [6.45, 7) is 1.62. The molecule has 0 atom stereocenters. The van der Waals surface area contributed by atoms with Gasteiger partial charge in [0.25, 0.3) is 11.1 Å². The zero-order chi connectivity index (χ0) is 25.1. The van der Waals surface area contributed by atoms with Crippen LogP contribution in [0.15, 0.2) is 61.8 Å². The zero-order valence-electron chi connectivity index (χ0n) is 19.1. The van der Waals surface area contributed by atoms with E-state index in [-0.39, 0.29) is 17.3 Å². The van der Waals surface area contributed by atoms with Gasteiger partial charge in [-0.25, -0.2) is 15.0 Å². The summed E-state index contributed by atoms with van der Waals surface area (Å²) in [6.07, 6.45) is 1.51. The van der Waals surface area contributed by atoms with Crippen LogP contribution in [0.5, 0.6) is 5.75 Å². The highest BCUT2D eigenvalue weighted by molar-refractivity contribution is 7.98. The number of carbonyl (C=O) groups excluding carboxylic acids is 1. The number of hydrazone groups is 1. The number of hydrogen-bond donors (Lipinski definition) is 2. The number of nitrogens with one attached hydrogen (secondary N) is 1. The van der Waals surface area contributed by atoms with Crippen LogP contribution >= 0.6 is 11.8 Å². The SMILES string of the molecule is COc1ccc(/C=N/NC(=O)c2c(C)nnn2-c2nonc2N)cc1CSc1nc2ccccc2o1. The van der Waals surface area contributed by atoms with Crippen LogP contribution in [0, 0.1) is 6.92 Å². The number of nitrogens with zero attached hydrogens (tertiary/aromatic N) is 7. The summed E-state index contributed by atoms with van der Waals surface area (Å²) in [5.74, 6) is 0.738. The van der Waals surface area contributed by atoms with Gasteiger partial charge in [-0.05, 0) is 53.1 Å². The number of hydrogen-bond acceptors (Lipinski definition) is 12. The maximum atomic E-state index is 12.8. The van der Waals surface area contributed by atoms with E-state index < -0.39 is 5.91 Å². The van der Waals surface area contributed by atoms with Crippen LogP contribution in [0.2, 0.25) is 0 Å². The molecule has 0 aliphatic rings. The molecule has 182 valence electrons. The van der Waals surface area contributed by atoms with Gasteiger partial charge in [0.2, 0.25) is 11.6 Å². The van der Waals surface area contributed by atoms with Crippen LogP contribution in [0.1, 0.15) is 27.3 Å². The average molecular weight is 506 g/mol. The number of ether oxygens (including phenoxy) is 1. The number of nitrogen functional groups attached to an aromatic ring is 1. The van der Waals surface area contributed by atoms with Gasteiger partial charge in [0.15, 0.2) is 11.3 Å². The smallest absolute Gasteiger partial charge is 0.292 e. The molecule has 3 N–H and O–H groups in total. The van der Waals surface area contributed by atoms with Gasteiger partial charge in [-0.15, -0.1) is 5.10 Å². The Morgan fingerprint density at radius 3 is 2.92 bits per heavy atom. The van der Waals surface area contributed by atoms with Gasteiger partial charge >= 0.3 is 0 Å². The Balaban J connectivity index is 1.29. The molecule has 0 unspecified atom stereocenters. The number of rotatable bonds is 8. The third-order valence-electron chi connectivity index (χ3n) is 5.06. The van der Waals surface area contributed by atoms with Crippen molar-refractivity contribution >= 4 is 40.8 Å². The van der Waals surface area contributed by atoms with Crippen LogP contribution in [-0.2, 0) is 5.75 Å². The summed E-state index contributed by atoms with van der Waals surface area (Å²) in [6, 6.07) is 13.1. The lowest BCUT2D eigenvalue weighted by molar-refractivity contribution is 0.0946. The van der Waals surface area contributed by atoms with Crippen molar-refractivity contribution in [3.63, 3.8) is 0 Å². The second kappa shape index (κ2) is 9.87. The minimum atomic E-state index is -0.559. The molecule has 14 heteroatoms. The van der Waals surface area contributed by atoms with E-state index in [0.717, 1.165) is 26.9 Å². The molecule has 0 spiro atoms. The number of oxazole rings is 1. The summed E-state index contributed by atoms with van der Waals surface area (Å²) in [7, 11) is 1.60. The summed E-state index contributed by atoms with van der Waals surface area (Å²) < 4.78 is 17.0. The first-order valence-electron chi connectivity index (χ1n) is 10.5. The normalized spacial score (nSPS) is 11.4. The molecule has 5 rings (SSSR count). The first kappa shape index (κ1) is 23.0. The van der Waals surface area contributed by atoms with Crippen molar-refractivity contribution in [2.75, 3.05) is 12.8 Å². The number of benzene rings is 2. The van der Waals surface area contributed by atoms with E-state index in [1.165, 1.54) is 18.0 Å². The number of fused-ring (bicyclic) bond motifs is 1. The fourth-order valence-corrected chi connectivity index (χ4v) is 4.18. The van der Waals surface area contributed by atoms with E-state index in [1.807, 2.05) is 42.5 Å². The lowest BCUT2D eigenvalue weighted by Crippen LogP contribution is -2.22. The van der Waals surface area contributed by atoms with Crippen LogP contribution in [0.3, 0.4) is 0 Å². The lowest BCUT2D eigenvalue weighted by atomic mass is 10.1. The molecular weight excluding hydrogens is 486 g/mol. The van der Waals surface area contributed by atoms with Gasteiger partial charge in [-0.2, -0.15) is 9.78 Å². The molecule has 2 aromatic carbocycles. The number of aryl methyl sites for hydroxylation is 1. The molecule has 36 heavy (non-hydrogen) atoms. The van der Waals surface area contributed by atoms with Gasteiger partial charge in [-0.1, -0.05) is 29.1 Å². The highest BCUT2D eigenvalue weighted by atomic mass is 32.2. The predicted octanol–water partition coefficient (Wildman–Crippen LogP) is 2.75. The Morgan fingerprint density at radius 1 is 1.28 bits per heavy atom. The highest BCUT2D eigenvalue weighted by Crippen LogP contribution is 2.30. The fraction of sp³-hybridized carbons (Fsp3) is 0.136. The van der Waals surface area contributed by atoms with E-state index in [0.29, 0.717) is 22.4 Å². The van der Waals surface area contributed by atoms with Gasteiger partial charge in [-0.3, -0.25) is 4.79 Å². The number of carbonyl (C=O) groups is 1. The molecule has 5 aromatic rings. The van der Waals surface area contributed by atoms with Crippen LogP contribution < -0.4 is 15.9 Å². The molecule has 3 heterocycles. The Hall–Kier alpha value is -4.72. The van der Waals surface area contributed by atoms with E-state index in [9.17, 15) is 4.79 Å². The molecular formula is C22H19N9O4S. The topological polar surface area (TPSA) is 172 Å². The highest BCUT2D eigenvalue weighted by Gasteiger charge is 2.22. The molecule has 0 bridgehead atoms. The Labute approximate surface area is 207 Å². The second-order valence-electron chi connectivity index (χ2n) is 7.41. The Kier molecular flexibility index (Phi) is 6.32. The van der Waals surface area contributed by atoms with E-state index in [1.54, 1.807) is 14.0 Å². The molecule has 0 fully saturated rings. The van der Waals surface area contributed by atoms with E-state index in [2.05, 4.69) is 40.8 Å². The second-order valence-corrected chi connectivity index (χ2v) is 8.34. The molecule has 0 radical (unpaired) electrons. The third kappa shape index (κ3) is 4.61. The molecule has 1 amide bonds. The lowest BCUT2D eigenvalue weighted by Gasteiger charge is -2.08. The molecule has 0 aliphatic heterocycles. The number of aromatic nitrogens is 6. The fourth-order valence-electron chi connectivity index (χ4n) is 3.37. The summed E-state index contributed by atoms with van der Waals surface area (Å²) in [4.78, 5) is 17.2. The van der Waals surface area contributed by atoms with Crippen molar-refractivity contribution in [1.29, 1.82) is 0 Å². The number of methoxy groups -OCH3 is 1. The average Bonchev–Trinajstić information content (AvgIpc) is 3.60. The van der Waals surface area contributed by atoms with Crippen molar-refractivity contribution < 1.29 is 18.6 Å². The summed E-state index contributed by atoms with van der Waals surface area (Å²) in [5.41, 5.74) is 11.8. The van der Waals surface area contributed by atoms with Crippen LogP contribution in [0.4, 0.5) is 5.82 Å². The first-order chi connectivity index (χ1) is 17.5. The number of amides is 1. The quantitative estimate of drug-likeness (QED) is 0.180. The standard InChI is InChI=1S/C22H19N9O4S/c1-12-18(31(30-26-12)20-19(23)28-35-29-20)21(32)27-24-10-13-7-8-16(33-2)14(9-13)11-36-22-25-15-5-3-4-6-17(15)34-22/h3-10H,11H2,1-2H3,(H2,23,28)(H,27,32)/b24-10+. The Morgan fingerprint density at radius 2 is 2.14 bits per heavy atom. The van der Waals surface area contributed by atoms with Gasteiger partial charge in [0.1, 0.15) is 11.3 Å². The monoisotopic (exact) mass is 505 g/mol. The van der Waals surface area contributed by atoms with E-state index in [4.69, 9.17) is 14.9 Å².